The fraction of sp³-hybridized carbons (Fsp3) is 0.345. The van der Waals surface area contributed by atoms with Crippen molar-refractivity contribution in [1.29, 1.82) is 0 Å². The molecule has 1 aliphatic rings. The zero-order valence-corrected chi connectivity index (χ0v) is 20.6. The van der Waals surface area contributed by atoms with Gasteiger partial charge in [0, 0.05) is 19.6 Å². The Morgan fingerprint density at radius 3 is 2.03 bits per heavy atom. The Hall–Kier alpha value is -3.29. The molecule has 0 saturated carbocycles. The number of rotatable bonds is 9. The summed E-state index contributed by atoms with van der Waals surface area (Å²) in [6.07, 6.45) is 0.687. The highest BCUT2D eigenvalue weighted by Crippen LogP contribution is 2.37. The first-order valence-corrected chi connectivity index (χ1v) is 12.2. The number of β-amino-alcohol motifs (C(OH)–C–C–N with tert-alkyl or cyclic N) is 1. The Bertz CT molecular complexity index is 1110. The summed E-state index contributed by atoms with van der Waals surface area (Å²) < 4.78 is 32.9. The molecule has 0 spiro atoms. The van der Waals surface area contributed by atoms with Crippen LogP contribution in [0.25, 0.3) is 0 Å². The summed E-state index contributed by atoms with van der Waals surface area (Å²) in [5.74, 6) is -0.344. The Labute approximate surface area is 210 Å². The van der Waals surface area contributed by atoms with Crippen molar-refractivity contribution < 1.29 is 23.4 Å². The summed E-state index contributed by atoms with van der Waals surface area (Å²) >= 11 is 0. The first kappa shape index (κ1) is 25.8. The number of aliphatic hydroxyl groups is 1. The summed E-state index contributed by atoms with van der Waals surface area (Å²) in [5, 5.41) is 13.3. The smallest absolute Gasteiger partial charge is 0.235 e. The van der Waals surface area contributed by atoms with Gasteiger partial charge >= 0.3 is 0 Å². The zero-order valence-electron chi connectivity index (χ0n) is 20.6. The number of likely N-dealkylation sites (tertiary alicyclic amines) is 1. The van der Waals surface area contributed by atoms with E-state index in [2.05, 4.69) is 10.2 Å². The number of halogens is 2. The van der Waals surface area contributed by atoms with E-state index in [0.717, 1.165) is 12.1 Å². The van der Waals surface area contributed by atoms with Crippen LogP contribution in [0.15, 0.2) is 72.8 Å². The molecule has 1 saturated heterocycles. The van der Waals surface area contributed by atoms with Gasteiger partial charge in [0.1, 0.15) is 17.4 Å². The molecule has 3 aromatic carbocycles. The predicted octanol–water partition coefficient (Wildman–Crippen LogP) is 4.59. The molecule has 1 fully saturated rings. The number of nitrogens with one attached hydrogen (secondary N) is 1. The van der Waals surface area contributed by atoms with Crippen LogP contribution >= 0.6 is 0 Å². The van der Waals surface area contributed by atoms with E-state index in [4.69, 9.17) is 4.74 Å². The molecule has 0 bridgehead atoms. The second-order valence-electron chi connectivity index (χ2n) is 9.27. The molecule has 1 heterocycles. The number of carbonyl (C=O) groups excluding carboxylic acids is 1. The van der Waals surface area contributed by atoms with Crippen molar-refractivity contribution in [3.63, 3.8) is 0 Å². The lowest BCUT2D eigenvalue weighted by Gasteiger charge is -2.35. The summed E-state index contributed by atoms with van der Waals surface area (Å²) in [7, 11) is 1.60. The van der Waals surface area contributed by atoms with Crippen LogP contribution < -0.4 is 10.1 Å². The van der Waals surface area contributed by atoms with Gasteiger partial charge in [-0.05, 0) is 65.9 Å². The first-order valence-electron chi connectivity index (χ1n) is 12.2. The monoisotopic (exact) mass is 494 g/mol. The zero-order chi connectivity index (χ0) is 25.7. The van der Waals surface area contributed by atoms with Crippen LogP contribution in [0.2, 0.25) is 0 Å². The van der Waals surface area contributed by atoms with Gasteiger partial charge in [0.05, 0.1) is 24.7 Å². The Morgan fingerprint density at radius 2 is 1.58 bits per heavy atom. The average Bonchev–Trinajstić information content (AvgIpc) is 3.31. The molecule has 36 heavy (non-hydrogen) atoms. The highest BCUT2D eigenvalue weighted by molar-refractivity contribution is 5.92. The van der Waals surface area contributed by atoms with Gasteiger partial charge < -0.3 is 15.2 Å². The molecule has 2 N–H and O–H groups in total. The van der Waals surface area contributed by atoms with E-state index in [0.29, 0.717) is 42.8 Å². The fourth-order valence-corrected chi connectivity index (χ4v) is 5.05. The lowest BCUT2D eigenvalue weighted by molar-refractivity contribution is -0.126. The van der Waals surface area contributed by atoms with E-state index in [1.165, 1.54) is 24.3 Å². The van der Waals surface area contributed by atoms with Crippen LogP contribution in [0.1, 0.15) is 42.5 Å². The van der Waals surface area contributed by atoms with E-state index in [-0.39, 0.29) is 18.1 Å². The summed E-state index contributed by atoms with van der Waals surface area (Å²) in [4.78, 5) is 16.3. The molecular weight excluding hydrogens is 462 g/mol. The molecular formula is C29H32F2N2O3. The molecule has 1 unspecified atom stereocenters. The van der Waals surface area contributed by atoms with Crippen molar-refractivity contribution in [2.75, 3.05) is 26.7 Å². The molecule has 5 nitrogen and oxygen atoms in total. The van der Waals surface area contributed by atoms with Crippen molar-refractivity contribution in [2.24, 2.45) is 0 Å². The molecule has 7 heteroatoms. The molecule has 1 aliphatic heterocycles. The highest BCUT2D eigenvalue weighted by Gasteiger charge is 2.41. The number of nitrogens with zero attached hydrogens (tertiary/aromatic N) is 1. The van der Waals surface area contributed by atoms with Crippen LogP contribution in [-0.4, -0.2) is 48.8 Å². The van der Waals surface area contributed by atoms with Gasteiger partial charge in [-0.1, -0.05) is 43.3 Å². The summed E-state index contributed by atoms with van der Waals surface area (Å²) in [5.41, 5.74) is 0.992. The number of carbonyl (C=O) groups is 1. The second kappa shape index (κ2) is 11.2. The van der Waals surface area contributed by atoms with Gasteiger partial charge in [-0.2, -0.15) is 0 Å². The summed E-state index contributed by atoms with van der Waals surface area (Å²) in [6, 6.07) is 18.9. The molecule has 4 rings (SSSR count). The SMILES string of the molecule is CCC(C(=O)N[C@H](CN1CCC(O)C1)c1ccc(OC)cc1)(c1ccc(F)cc1)c1ccc(F)cc1. The van der Waals surface area contributed by atoms with E-state index in [1.54, 1.807) is 31.4 Å². The topological polar surface area (TPSA) is 61.8 Å². The molecule has 3 aromatic rings. The van der Waals surface area contributed by atoms with Crippen LogP contribution in [-0.2, 0) is 10.2 Å². The maximum atomic E-state index is 14.2. The lowest BCUT2D eigenvalue weighted by atomic mass is 9.71. The fourth-order valence-electron chi connectivity index (χ4n) is 5.05. The maximum Gasteiger partial charge on any atom is 0.235 e. The van der Waals surface area contributed by atoms with Crippen molar-refractivity contribution in [3.05, 3.63) is 101 Å². The van der Waals surface area contributed by atoms with Gasteiger partial charge in [-0.15, -0.1) is 0 Å². The molecule has 1 amide bonds. The Balaban J connectivity index is 1.73. The molecule has 190 valence electrons. The standard InChI is InChI=1S/C29H32F2N2O3/c1-3-29(21-6-10-23(30)11-7-21,22-8-12-24(31)13-9-22)28(35)32-27(19-33-17-16-25(34)18-33)20-4-14-26(36-2)15-5-20/h4-15,25,27,34H,3,16-19H2,1-2H3,(H,32,35)/t25?,27-/m1/s1. The van der Waals surface area contributed by atoms with E-state index in [1.807, 2.05) is 31.2 Å². The number of hydrogen-bond acceptors (Lipinski definition) is 4. The Morgan fingerprint density at radius 1 is 1.03 bits per heavy atom. The Kier molecular flexibility index (Phi) is 8.01. The van der Waals surface area contributed by atoms with E-state index >= 15 is 0 Å². The number of aliphatic hydroxyl groups excluding tert-OH is 1. The van der Waals surface area contributed by atoms with Crippen LogP contribution in [0.4, 0.5) is 8.78 Å². The molecule has 2 atom stereocenters. The van der Waals surface area contributed by atoms with Crippen molar-refractivity contribution in [1.82, 2.24) is 10.2 Å². The third-order valence-corrected chi connectivity index (χ3v) is 7.10. The van der Waals surface area contributed by atoms with E-state index in [9.17, 15) is 18.7 Å². The number of amides is 1. The van der Waals surface area contributed by atoms with E-state index < -0.39 is 17.0 Å². The largest absolute Gasteiger partial charge is 0.497 e. The van der Waals surface area contributed by atoms with Gasteiger partial charge in [0.15, 0.2) is 0 Å². The second-order valence-corrected chi connectivity index (χ2v) is 9.27. The third kappa shape index (κ3) is 5.42. The van der Waals surface area contributed by atoms with Crippen LogP contribution in [0.5, 0.6) is 5.75 Å². The number of hydrogen-bond donors (Lipinski definition) is 2. The maximum absolute atomic E-state index is 14.2. The summed E-state index contributed by atoms with van der Waals surface area (Å²) in [6.45, 7) is 3.68. The molecule has 0 aromatic heterocycles. The average molecular weight is 495 g/mol. The minimum Gasteiger partial charge on any atom is -0.497 e. The third-order valence-electron chi connectivity index (χ3n) is 7.10. The van der Waals surface area contributed by atoms with Gasteiger partial charge in [0.25, 0.3) is 0 Å². The molecule has 0 aliphatic carbocycles. The molecule has 0 radical (unpaired) electrons. The normalized spacial score (nSPS) is 17.1. The minimum atomic E-state index is -1.16. The van der Waals surface area contributed by atoms with Crippen LogP contribution in [0.3, 0.4) is 0 Å². The van der Waals surface area contributed by atoms with Crippen molar-refractivity contribution in [3.8, 4) is 5.75 Å². The number of methoxy groups -OCH3 is 1. The number of ether oxygens (including phenoxy) is 1. The number of benzene rings is 3. The van der Waals surface area contributed by atoms with Crippen molar-refractivity contribution >= 4 is 5.91 Å². The predicted molar refractivity (Wildman–Crippen MR) is 135 cm³/mol. The lowest BCUT2D eigenvalue weighted by Crippen LogP contribution is -2.48. The van der Waals surface area contributed by atoms with Gasteiger partial charge in [0.2, 0.25) is 5.91 Å². The van der Waals surface area contributed by atoms with Gasteiger partial charge in [-0.25, -0.2) is 8.78 Å². The quantitative estimate of drug-likeness (QED) is 0.457. The first-order chi connectivity index (χ1) is 17.3. The highest BCUT2D eigenvalue weighted by atomic mass is 19.1. The minimum absolute atomic E-state index is 0.260. The van der Waals surface area contributed by atoms with Gasteiger partial charge in [-0.3, -0.25) is 9.69 Å². The van der Waals surface area contributed by atoms with Crippen molar-refractivity contribution in [2.45, 2.75) is 37.3 Å². The van der Waals surface area contributed by atoms with Crippen LogP contribution in [0, 0.1) is 11.6 Å².